The van der Waals surface area contributed by atoms with Gasteiger partial charge in [0.1, 0.15) is 16.1 Å². The number of thioether (sulfide) groups is 1. The highest BCUT2D eigenvalue weighted by atomic mass is 32.2. The fourth-order valence-electron chi connectivity index (χ4n) is 2.45. The summed E-state index contributed by atoms with van der Waals surface area (Å²) in [5.74, 6) is -1.89. The molecule has 0 radical (unpaired) electrons. The largest absolute Gasteiger partial charge is 0.493 e. The topological polar surface area (TPSA) is 104 Å². The molecule has 0 bridgehead atoms. The molecule has 0 spiro atoms. The van der Waals surface area contributed by atoms with Gasteiger partial charge in [-0.2, -0.15) is 0 Å². The molecule has 1 saturated heterocycles. The first-order chi connectivity index (χ1) is 12.8. The van der Waals surface area contributed by atoms with E-state index in [9.17, 15) is 19.5 Å². The van der Waals surface area contributed by atoms with Crippen molar-refractivity contribution in [3.8, 4) is 5.75 Å². The van der Waals surface area contributed by atoms with E-state index in [4.69, 9.17) is 22.1 Å². The van der Waals surface area contributed by atoms with Crippen molar-refractivity contribution in [3.05, 3.63) is 34.7 Å². The zero-order valence-corrected chi connectivity index (χ0v) is 16.2. The number of ether oxygens (including phenoxy) is 1. The Labute approximate surface area is 166 Å². The van der Waals surface area contributed by atoms with Gasteiger partial charge in [0.05, 0.1) is 17.9 Å². The standard InChI is InChI=1S/C18H19NO6S2/c1-2-3-13(17(23)24)19-16(22)14(27-18(19)26)10-11-4-6-12(7-5-11)25-9-8-15(20)21/h4-7,10,13H,2-3,8-9H2,1H3,(H,20,21)(H,23,24)/b14-10-. The van der Waals surface area contributed by atoms with Crippen molar-refractivity contribution >= 4 is 52.2 Å². The van der Waals surface area contributed by atoms with E-state index in [1.165, 1.54) is 4.90 Å². The van der Waals surface area contributed by atoms with Crippen molar-refractivity contribution < 1.29 is 29.3 Å². The van der Waals surface area contributed by atoms with Gasteiger partial charge in [-0.05, 0) is 30.2 Å². The third kappa shape index (κ3) is 5.54. The maximum atomic E-state index is 12.6. The van der Waals surface area contributed by atoms with Crippen molar-refractivity contribution in [2.24, 2.45) is 0 Å². The van der Waals surface area contributed by atoms with Gasteiger partial charge in [0, 0.05) is 0 Å². The van der Waals surface area contributed by atoms with Crippen LogP contribution in [0.4, 0.5) is 0 Å². The molecule has 1 aliphatic rings. The lowest BCUT2D eigenvalue weighted by atomic mass is 10.1. The maximum absolute atomic E-state index is 12.6. The second kappa shape index (κ2) is 9.52. The number of carboxylic acid groups (broad SMARTS) is 2. The van der Waals surface area contributed by atoms with Crippen LogP contribution in [0.1, 0.15) is 31.7 Å². The van der Waals surface area contributed by atoms with Crippen LogP contribution in [0.15, 0.2) is 29.2 Å². The lowest BCUT2D eigenvalue weighted by Gasteiger charge is -2.22. The number of carbonyl (C=O) groups excluding carboxylic acids is 1. The fraction of sp³-hybridized carbons (Fsp3) is 0.333. The number of nitrogens with zero attached hydrogens (tertiary/aromatic N) is 1. The molecule has 27 heavy (non-hydrogen) atoms. The number of carboxylic acids is 2. The average Bonchev–Trinajstić information content (AvgIpc) is 2.87. The van der Waals surface area contributed by atoms with E-state index in [-0.39, 0.29) is 17.3 Å². The number of amides is 1. The molecular formula is C18H19NO6S2. The average molecular weight is 409 g/mol. The Morgan fingerprint density at radius 1 is 1.30 bits per heavy atom. The molecule has 1 aromatic rings. The highest BCUT2D eigenvalue weighted by Crippen LogP contribution is 2.35. The van der Waals surface area contributed by atoms with Crippen LogP contribution in [-0.2, 0) is 14.4 Å². The highest BCUT2D eigenvalue weighted by molar-refractivity contribution is 8.26. The van der Waals surface area contributed by atoms with Gasteiger partial charge >= 0.3 is 11.9 Å². The van der Waals surface area contributed by atoms with Crippen LogP contribution < -0.4 is 4.74 Å². The van der Waals surface area contributed by atoms with Crippen LogP contribution in [0.5, 0.6) is 5.75 Å². The molecule has 1 amide bonds. The second-order valence-electron chi connectivity index (χ2n) is 5.76. The number of hydrogen-bond acceptors (Lipinski definition) is 6. The summed E-state index contributed by atoms with van der Waals surface area (Å²) < 4.78 is 5.55. The molecule has 2 rings (SSSR count). The second-order valence-corrected chi connectivity index (χ2v) is 7.43. The predicted molar refractivity (Wildman–Crippen MR) is 106 cm³/mol. The van der Waals surface area contributed by atoms with E-state index in [1.807, 2.05) is 6.92 Å². The Morgan fingerprint density at radius 3 is 2.52 bits per heavy atom. The third-order valence-electron chi connectivity index (χ3n) is 3.74. The summed E-state index contributed by atoms with van der Waals surface area (Å²) in [6.07, 6.45) is 2.51. The lowest BCUT2D eigenvalue weighted by molar-refractivity contribution is -0.145. The Morgan fingerprint density at radius 2 is 1.96 bits per heavy atom. The molecule has 1 aromatic carbocycles. The van der Waals surface area contributed by atoms with Crippen LogP contribution in [0.3, 0.4) is 0 Å². The summed E-state index contributed by atoms with van der Waals surface area (Å²) >= 11 is 6.28. The molecular weight excluding hydrogens is 390 g/mol. The molecule has 0 saturated carbocycles. The zero-order valence-electron chi connectivity index (χ0n) is 14.6. The number of aliphatic carboxylic acids is 2. The van der Waals surface area contributed by atoms with Gasteiger partial charge in [0.15, 0.2) is 0 Å². The molecule has 7 nitrogen and oxygen atoms in total. The number of hydrogen-bond donors (Lipinski definition) is 2. The van der Waals surface area contributed by atoms with Crippen molar-refractivity contribution in [2.45, 2.75) is 32.2 Å². The van der Waals surface area contributed by atoms with Gasteiger partial charge < -0.3 is 14.9 Å². The molecule has 2 N–H and O–H groups in total. The number of rotatable bonds is 9. The van der Waals surface area contributed by atoms with Crippen LogP contribution in [-0.4, -0.2) is 49.9 Å². The van der Waals surface area contributed by atoms with E-state index < -0.39 is 23.9 Å². The molecule has 1 unspecified atom stereocenters. The van der Waals surface area contributed by atoms with E-state index in [1.54, 1.807) is 30.3 Å². The summed E-state index contributed by atoms with van der Waals surface area (Å²) in [5, 5.41) is 18.0. The van der Waals surface area contributed by atoms with Crippen molar-refractivity contribution in [2.75, 3.05) is 6.61 Å². The van der Waals surface area contributed by atoms with Gasteiger partial charge in [0.2, 0.25) is 0 Å². The summed E-state index contributed by atoms with van der Waals surface area (Å²) in [5.41, 5.74) is 0.725. The smallest absolute Gasteiger partial charge is 0.326 e. The lowest BCUT2D eigenvalue weighted by Crippen LogP contribution is -2.43. The van der Waals surface area contributed by atoms with Gasteiger partial charge in [-0.15, -0.1) is 0 Å². The van der Waals surface area contributed by atoms with E-state index in [2.05, 4.69) is 0 Å². The van der Waals surface area contributed by atoms with Crippen LogP contribution in [0.25, 0.3) is 6.08 Å². The highest BCUT2D eigenvalue weighted by Gasteiger charge is 2.39. The quantitative estimate of drug-likeness (QED) is 0.474. The summed E-state index contributed by atoms with van der Waals surface area (Å²) in [4.78, 5) is 36.1. The monoisotopic (exact) mass is 409 g/mol. The van der Waals surface area contributed by atoms with Crippen LogP contribution >= 0.6 is 24.0 Å². The van der Waals surface area contributed by atoms with Gasteiger partial charge in [0.25, 0.3) is 5.91 Å². The number of benzene rings is 1. The van der Waals surface area contributed by atoms with Gasteiger partial charge in [-0.25, -0.2) is 4.79 Å². The molecule has 0 aliphatic carbocycles. The predicted octanol–water partition coefficient (Wildman–Crippen LogP) is 2.99. The first-order valence-electron chi connectivity index (χ1n) is 8.28. The molecule has 1 fully saturated rings. The first kappa shape index (κ1) is 20.9. The molecule has 1 heterocycles. The summed E-state index contributed by atoms with van der Waals surface area (Å²) in [7, 11) is 0. The Bertz CT molecular complexity index is 775. The molecule has 0 aromatic heterocycles. The van der Waals surface area contributed by atoms with Gasteiger partial charge in [-0.1, -0.05) is 49.5 Å². The van der Waals surface area contributed by atoms with Crippen LogP contribution in [0, 0.1) is 0 Å². The number of carbonyl (C=O) groups is 3. The first-order valence-corrected chi connectivity index (χ1v) is 9.50. The molecule has 9 heteroatoms. The summed E-state index contributed by atoms with van der Waals surface area (Å²) in [6.45, 7) is 1.92. The summed E-state index contributed by atoms with van der Waals surface area (Å²) in [6, 6.07) is 5.84. The zero-order chi connectivity index (χ0) is 20.0. The Hall–Kier alpha value is -2.39. The maximum Gasteiger partial charge on any atom is 0.326 e. The van der Waals surface area contributed by atoms with E-state index in [0.717, 1.165) is 17.3 Å². The molecule has 1 atom stereocenters. The fourth-order valence-corrected chi connectivity index (χ4v) is 3.81. The van der Waals surface area contributed by atoms with Gasteiger partial charge in [-0.3, -0.25) is 14.5 Å². The Kier molecular flexibility index (Phi) is 7.37. The van der Waals surface area contributed by atoms with Crippen molar-refractivity contribution in [3.63, 3.8) is 0 Å². The minimum atomic E-state index is -1.07. The Balaban J connectivity index is 2.10. The SMILES string of the molecule is CCCC(C(=O)O)N1C(=O)/C(=C/c2ccc(OCCC(=O)O)cc2)SC1=S. The normalized spacial score (nSPS) is 16.6. The van der Waals surface area contributed by atoms with E-state index in [0.29, 0.717) is 23.5 Å². The van der Waals surface area contributed by atoms with Crippen molar-refractivity contribution in [1.29, 1.82) is 0 Å². The third-order valence-corrected chi connectivity index (χ3v) is 5.08. The number of thiocarbonyl (C=S) groups is 1. The molecule has 144 valence electrons. The minimum absolute atomic E-state index is 0.0708. The van der Waals surface area contributed by atoms with E-state index >= 15 is 0 Å². The van der Waals surface area contributed by atoms with Crippen LogP contribution in [0.2, 0.25) is 0 Å². The van der Waals surface area contributed by atoms with Crippen molar-refractivity contribution in [1.82, 2.24) is 4.90 Å². The minimum Gasteiger partial charge on any atom is -0.493 e. The molecule has 1 aliphatic heterocycles.